The standard InChI is InChI=1S/C22H15Cl2N3O5/c23-17-10-27(32)11-18(24)20(17)25-22(31)21(30)16-9-26(8-12-1-3-13(28)4-2-12)19-6-5-14(29)7-15(16)19/h1-7,9-11,28-29,32H,8H2. The fourth-order valence-corrected chi connectivity index (χ4v) is 3.81. The van der Waals surface area contributed by atoms with Gasteiger partial charge in [0.15, 0.2) is 0 Å². The van der Waals surface area contributed by atoms with Crippen molar-refractivity contribution in [3.63, 3.8) is 0 Å². The van der Waals surface area contributed by atoms with E-state index in [0.29, 0.717) is 22.2 Å². The van der Waals surface area contributed by atoms with Crippen LogP contribution in [0.1, 0.15) is 15.9 Å². The fourth-order valence-electron chi connectivity index (χ4n) is 3.28. The molecule has 3 N–H and O–H groups in total. The second-order valence-electron chi connectivity index (χ2n) is 6.97. The summed E-state index contributed by atoms with van der Waals surface area (Å²) in [4.78, 5) is 29.3. The molecule has 10 heteroatoms. The minimum atomic E-state index is -1.11. The molecule has 0 atom stereocenters. The van der Waals surface area contributed by atoms with Gasteiger partial charge in [-0.1, -0.05) is 35.3 Å². The largest absolute Gasteiger partial charge is 0.508 e. The summed E-state index contributed by atoms with van der Waals surface area (Å²) in [6.07, 6.45) is 3.65. The SMILES string of the molecule is O=C(N=c1c(Cl)cn(O)cc1Cl)C(=O)c1cn(Cc2ccc(O)cc2)c2ccc(O)cc12. The second kappa shape index (κ2) is 8.41. The van der Waals surface area contributed by atoms with Gasteiger partial charge in [0.05, 0.1) is 28.0 Å². The van der Waals surface area contributed by atoms with Crippen molar-refractivity contribution in [1.29, 1.82) is 0 Å². The number of fused-ring (bicyclic) bond motifs is 1. The van der Waals surface area contributed by atoms with Crippen molar-refractivity contribution in [3.05, 3.63) is 87.6 Å². The molecule has 2 aromatic heterocycles. The maximum absolute atomic E-state index is 13.0. The van der Waals surface area contributed by atoms with Crippen LogP contribution in [0.3, 0.4) is 0 Å². The molecule has 0 saturated carbocycles. The molecule has 32 heavy (non-hydrogen) atoms. The number of hydrogen-bond donors (Lipinski definition) is 3. The lowest BCUT2D eigenvalue weighted by atomic mass is 10.1. The molecule has 0 spiro atoms. The Morgan fingerprint density at radius 3 is 2.19 bits per heavy atom. The van der Waals surface area contributed by atoms with E-state index in [-0.39, 0.29) is 32.5 Å². The number of Topliss-reactive ketones (excluding diaryl/α,β-unsaturated/α-hetero) is 1. The van der Waals surface area contributed by atoms with Crippen molar-refractivity contribution in [3.8, 4) is 11.5 Å². The zero-order valence-corrected chi connectivity index (χ0v) is 17.7. The highest BCUT2D eigenvalue weighted by Gasteiger charge is 2.22. The third-order valence-corrected chi connectivity index (χ3v) is 5.30. The summed E-state index contributed by atoms with van der Waals surface area (Å²) in [5.41, 5.74) is 1.51. The number of aromatic hydroxyl groups is 2. The molecule has 0 radical (unpaired) electrons. The van der Waals surface area contributed by atoms with Crippen LogP contribution in [0.5, 0.6) is 11.5 Å². The van der Waals surface area contributed by atoms with E-state index in [0.717, 1.165) is 18.0 Å². The van der Waals surface area contributed by atoms with Gasteiger partial charge in [0, 0.05) is 23.6 Å². The number of carbonyl (C=O) groups is 2. The maximum atomic E-state index is 13.0. The van der Waals surface area contributed by atoms with Crippen LogP contribution in [-0.4, -0.2) is 36.4 Å². The molecular weight excluding hydrogens is 457 g/mol. The number of amides is 1. The molecule has 2 heterocycles. The van der Waals surface area contributed by atoms with Crippen LogP contribution < -0.4 is 5.36 Å². The first-order valence-electron chi connectivity index (χ1n) is 9.22. The molecule has 8 nitrogen and oxygen atoms in total. The number of aromatic nitrogens is 2. The number of ketones is 1. The molecular formula is C22H15Cl2N3O5. The first-order valence-corrected chi connectivity index (χ1v) is 9.98. The molecule has 0 fully saturated rings. The molecule has 2 aromatic carbocycles. The molecule has 0 unspecified atom stereocenters. The highest BCUT2D eigenvalue weighted by Crippen LogP contribution is 2.27. The molecule has 0 saturated heterocycles. The minimum Gasteiger partial charge on any atom is -0.508 e. The van der Waals surface area contributed by atoms with Gasteiger partial charge in [-0.3, -0.25) is 9.59 Å². The summed E-state index contributed by atoms with van der Waals surface area (Å²) in [6, 6.07) is 11.1. The molecule has 0 bridgehead atoms. The normalized spacial score (nSPS) is 10.9. The van der Waals surface area contributed by atoms with Gasteiger partial charge in [-0.15, -0.1) is 0 Å². The lowest BCUT2D eigenvalue weighted by Gasteiger charge is -2.06. The van der Waals surface area contributed by atoms with Gasteiger partial charge < -0.3 is 20.0 Å². The van der Waals surface area contributed by atoms with E-state index < -0.39 is 11.7 Å². The summed E-state index contributed by atoms with van der Waals surface area (Å²) in [6.45, 7) is 0.354. The number of phenolic OH excluding ortho intramolecular Hbond substituents is 2. The number of carbonyl (C=O) groups excluding carboxylic acids is 2. The molecule has 4 aromatic rings. The summed E-state index contributed by atoms with van der Waals surface area (Å²) >= 11 is 11.9. The van der Waals surface area contributed by atoms with Crippen LogP contribution >= 0.6 is 23.2 Å². The van der Waals surface area contributed by atoms with Crippen molar-refractivity contribution < 1.29 is 25.0 Å². The number of phenols is 2. The fraction of sp³-hybridized carbons (Fsp3) is 0.0455. The van der Waals surface area contributed by atoms with Crippen molar-refractivity contribution in [2.45, 2.75) is 6.54 Å². The van der Waals surface area contributed by atoms with Crippen LogP contribution in [0.2, 0.25) is 10.0 Å². The van der Waals surface area contributed by atoms with Crippen LogP contribution in [0.25, 0.3) is 10.9 Å². The van der Waals surface area contributed by atoms with Gasteiger partial charge in [-0.05, 0) is 35.9 Å². The Morgan fingerprint density at radius 2 is 1.53 bits per heavy atom. The maximum Gasteiger partial charge on any atom is 0.318 e. The minimum absolute atomic E-state index is 0.0452. The smallest absolute Gasteiger partial charge is 0.318 e. The van der Waals surface area contributed by atoms with Gasteiger partial charge in [-0.2, -0.15) is 4.73 Å². The van der Waals surface area contributed by atoms with Gasteiger partial charge in [0.2, 0.25) is 0 Å². The predicted molar refractivity (Wildman–Crippen MR) is 117 cm³/mol. The topological polar surface area (TPSA) is 117 Å². The Morgan fingerprint density at radius 1 is 0.906 bits per heavy atom. The average molecular weight is 472 g/mol. The zero-order chi connectivity index (χ0) is 23.0. The van der Waals surface area contributed by atoms with E-state index in [1.807, 2.05) is 0 Å². The highest BCUT2D eigenvalue weighted by atomic mass is 35.5. The first-order chi connectivity index (χ1) is 15.2. The van der Waals surface area contributed by atoms with Crippen LogP contribution in [-0.2, 0) is 11.3 Å². The van der Waals surface area contributed by atoms with Crippen molar-refractivity contribution in [2.24, 2.45) is 4.99 Å². The van der Waals surface area contributed by atoms with E-state index in [4.69, 9.17) is 23.2 Å². The molecule has 162 valence electrons. The molecule has 4 rings (SSSR count). The zero-order valence-electron chi connectivity index (χ0n) is 16.2. The number of rotatable bonds is 4. The van der Waals surface area contributed by atoms with Gasteiger partial charge in [0.1, 0.15) is 16.9 Å². The average Bonchev–Trinajstić information content (AvgIpc) is 3.08. The number of hydrogen-bond acceptors (Lipinski definition) is 5. The molecule has 0 aliphatic heterocycles. The predicted octanol–water partition coefficient (Wildman–Crippen LogP) is 3.76. The van der Waals surface area contributed by atoms with Gasteiger partial charge >= 0.3 is 5.91 Å². The summed E-state index contributed by atoms with van der Waals surface area (Å²) in [5.74, 6) is -1.97. The summed E-state index contributed by atoms with van der Waals surface area (Å²) in [7, 11) is 0. The lowest BCUT2D eigenvalue weighted by molar-refractivity contribution is -0.114. The van der Waals surface area contributed by atoms with Crippen molar-refractivity contribution in [2.75, 3.05) is 0 Å². The van der Waals surface area contributed by atoms with E-state index >= 15 is 0 Å². The van der Waals surface area contributed by atoms with Crippen molar-refractivity contribution in [1.82, 2.24) is 9.30 Å². The summed E-state index contributed by atoms with van der Waals surface area (Å²) in [5, 5.41) is 28.8. The monoisotopic (exact) mass is 471 g/mol. The van der Waals surface area contributed by atoms with E-state index in [1.54, 1.807) is 34.9 Å². The molecule has 1 amide bonds. The van der Waals surface area contributed by atoms with E-state index in [9.17, 15) is 25.0 Å². The van der Waals surface area contributed by atoms with Gasteiger partial charge in [0.25, 0.3) is 5.78 Å². The number of benzene rings is 2. The summed E-state index contributed by atoms with van der Waals surface area (Å²) < 4.78 is 2.36. The number of nitrogens with zero attached hydrogens (tertiary/aromatic N) is 3. The van der Waals surface area contributed by atoms with Crippen molar-refractivity contribution >= 4 is 45.8 Å². The quantitative estimate of drug-likeness (QED) is 0.238. The Hall–Kier alpha value is -3.75. The number of halogens is 2. The Bertz CT molecular complexity index is 1410. The molecule has 0 aliphatic carbocycles. The first kappa shape index (κ1) is 21.5. The van der Waals surface area contributed by atoms with E-state index in [2.05, 4.69) is 4.99 Å². The lowest BCUT2D eigenvalue weighted by Crippen LogP contribution is -2.18. The van der Waals surface area contributed by atoms with Crippen LogP contribution in [0.4, 0.5) is 0 Å². The Labute approximate surface area is 190 Å². The van der Waals surface area contributed by atoms with Gasteiger partial charge in [-0.25, -0.2) is 4.99 Å². The third kappa shape index (κ3) is 4.18. The van der Waals surface area contributed by atoms with Crippen LogP contribution in [0.15, 0.2) is 66.0 Å². The Balaban J connectivity index is 1.77. The third-order valence-electron chi connectivity index (χ3n) is 4.75. The van der Waals surface area contributed by atoms with Crippen LogP contribution in [0, 0.1) is 0 Å². The highest BCUT2D eigenvalue weighted by molar-refractivity contribution is 6.45. The second-order valence-corrected chi connectivity index (χ2v) is 7.78. The van der Waals surface area contributed by atoms with E-state index in [1.165, 1.54) is 18.3 Å². The Kier molecular flexibility index (Phi) is 5.65. The number of pyridine rings is 1. The molecule has 0 aliphatic rings.